The van der Waals surface area contributed by atoms with Crippen molar-refractivity contribution in [3.8, 4) is 0 Å². The monoisotopic (exact) mass is 234 g/mol. The number of nitrogens with zero attached hydrogens (tertiary/aromatic N) is 2. The van der Waals surface area contributed by atoms with Gasteiger partial charge in [-0.2, -0.15) is 4.98 Å². The van der Waals surface area contributed by atoms with Gasteiger partial charge in [-0.25, -0.2) is 0 Å². The molecule has 2 aliphatic heterocycles. The lowest BCUT2D eigenvalue weighted by atomic mass is 9.99. The van der Waals surface area contributed by atoms with Gasteiger partial charge in [0.2, 0.25) is 5.95 Å². The average molecular weight is 234 g/mol. The van der Waals surface area contributed by atoms with E-state index in [0.29, 0.717) is 5.92 Å². The van der Waals surface area contributed by atoms with Crippen LogP contribution in [0, 0.1) is 5.92 Å². The van der Waals surface area contributed by atoms with E-state index in [-0.39, 0.29) is 5.56 Å². The summed E-state index contributed by atoms with van der Waals surface area (Å²) >= 11 is 0. The van der Waals surface area contributed by atoms with Gasteiger partial charge in [-0.1, -0.05) is 6.92 Å². The fourth-order valence-electron chi connectivity index (χ4n) is 2.59. The predicted molar refractivity (Wildman–Crippen MR) is 67.7 cm³/mol. The van der Waals surface area contributed by atoms with Crippen molar-refractivity contribution in [1.82, 2.24) is 9.97 Å². The Bertz CT molecular complexity index is 476. The van der Waals surface area contributed by atoms with Crippen molar-refractivity contribution < 1.29 is 0 Å². The summed E-state index contributed by atoms with van der Waals surface area (Å²) in [6.07, 6.45) is 3.20. The molecule has 0 saturated carbocycles. The number of anilines is 2. The van der Waals surface area contributed by atoms with E-state index in [1.165, 1.54) is 12.8 Å². The Morgan fingerprint density at radius 2 is 2.12 bits per heavy atom. The SMILES string of the molecule is C[C@H]1CNc2nc(N3CCCC3)[nH]c(=O)c2C1. The molecule has 1 aromatic rings. The van der Waals surface area contributed by atoms with E-state index < -0.39 is 0 Å². The summed E-state index contributed by atoms with van der Waals surface area (Å²) in [5.74, 6) is 2.02. The third kappa shape index (κ3) is 1.90. The molecule has 3 rings (SSSR count). The second kappa shape index (κ2) is 4.05. The van der Waals surface area contributed by atoms with Crippen molar-refractivity contribution in [2.45, 2.75) is 26.2 Å². The number of nitrogens with one attached hydrogen (secondary N) is 2. The first-order valence-electron chi connectivity index (χ1n) is 6.36. The maximum atomic E-state index is 12.0. The van der Waals surface area contributed by atoms with Crippen molar-refractivity contribution in [2.75, 3.05) is 29.9 Å². The number of aromatic amines is 1. The van der Waals surface area contributed by atoms with Crippen LogP contribution in [0.5, 0.6) is 0 Å². The van der Waals surface area contributed by atoms with Crippen molar-refractivity contribution in [2.24, 2.45) is 5.92 Å². The molecule has 1 atom stereocenters. The average Bonchev–Trinajstić information content (AvgIpc) is 2.83. The highest BCUT2D eigenvalue weighted by atomic mass is 16.1. The number of aromatic nitrogens is 2. The lowest BCUT2D eigenvalue weighted by Crippen LogP contribution is -2.31. The fourth-order valence-corrected chi connectivity index (χ4v) is 2.59. The molecule has 0 amide bonds. The van der Waals surface area contributed by atoms with E-state index in [0.717, 1.165) is 43.4 Å². The molecule has 2 aliphatic rings. The highest BCUT2D eigenvalue weighted by molar-refractivity contribution is 5.50. The van der Waals surface area contributed by atoms with Crippen LogP contribution in [0.15, 0.2) is 4.79 Å². The van der Waals surface area contributed by atoms with E-state index in [2.05, 4.69) is 27.1 Å². The second-order valence-corrected chi connectivity index (χ2v) is 5.10. The van der Waals surface area contributed by atoms with Crippen molar-refractivity contribution >= 4 is 11.8 Å². The van der Waals surface area contributed by atoms with Gasteiger partial charge in [-0.05, 0) is 25.2 Å². The Kier molecular flexibility index (Phi) is 2.53. The minimum Gasteiger partial charge on any atom is -0.369 e. The van der Waals surface area contributed by atoms with Crippen LogP contribution in [0.25, 0.3) is 0 Å². The summed E-state index contributed by atoms with van der Waals surface area (Å²) in [5.41, 5.74) is 0.836. The smallest absolute Gasteiger partial charge is 0.257 e. The Balaban J connectivity index is 1.98. The standard InChI is InChI=1S/C12H18N4O/c1-8-6-9-10(13-7-8)14-12(15-11(9)17)16-4-2-3-5-16/h8H,2-7H2,1H3,(H2,13,14,15,17)/t8-/m1/s1. The van der Waals surface area contributed by atoms with Crippen LogP contribution < -0.4 is 15.8 Å². The molecule has 1 fully saturated rings. The summed E-state index contributed by atoms with van der Waals surface area (Å²) in [7, 11) is 0. The first-order valence-corrected chi connectivity index (χ1v) is 6.36. The molecule has 0 bridgehead atoms. The van der Waals surface area contributed by atoms with Crippen LogP contribution in [0.3, 0.4) is 0 Å². The van der Waals surface area contributed by atoms with E-state index in [9.17, 15) is 4.79 Å². The number of hydrogen-bond acceptors (Lipinski definition) is 4. The molecule has 92 valence electrons. The van der Waals surface area contributed by atoms with Gasteiger partial charge in [-0.3, -0.25) is 9.78 Å². The molecule has 0 spiro atoms. The van der Waals surface area contributed by atoms with Gasteiger partial charge >= 0.3 is 0 Å². The quantitative estimate of drug-likeness (QED) is 0.760. The van der Waals surface area contributed by atoms with Gasteiger partial charge in [0.1, 0.15) is 5.82 Å². The molecular formula is C12H18N4O. The summed E-state index contributed by atoms with van der Waals surface area (Å²) in [4.78, 5) is 21.6. The molecule has 2 N–H and O–H groups in total. The topological polar surface area (TPSA) is 61.0 Å². The highest BCUT2D eigenvalue weighted by Gasteiger charge is 2.22. The first-order chi connectivity index (χ1) is 8.24. The molecule has 1 saturated heterocycles. The predicted octanol–water partition coefficient (Wildman–Crippen LogP) is 0.974. The van der Waals surface area contributed by atoms with Gasteiger partial charge in [0.15, 0.2) is 0 Å². The second-order valence-electron chi connectivity index (χ2n) is 5.10. The third-order valence-corrected chi connectivity index (χ3v) is 3.58. The van der Waals surface area contributed by atoms with Crippen LogP contribution in [0.4, 0.5) is 11.8 Å². The van der Waals surface area contributed by atoms with Crippen molar-refractivity contribution in [1.29, 1.82) is 0 Å². The van der Waals surface area contributed by atoms with Gasteiger partial charge in [-0.15, -0.1) is 0 Å². The van der Waals surface area contributed by atoms with E-state index in [1.54, 1.807) is 0 Å². The van der Waals surface area contributed by atoms with Crippen LogP contribution >= 0.6 is 0 Å². The molecule has 0 radical (unpaired) electrons. The number of hydrogen-bond donors (Lipinski definition) is 2. The van der Waals surface area contributed by atoms with E-state index in [1.807, 2.05) is 0 Å². The molecule has 5 nitrogen and oxygen atoms in total. The summed E-state index contributed by atoms with van der Waals surface area (Å²) in [6.45, 7) is 5.04. The Morgan fingerprint density at radius 3 is 2.88 bits per heavy atom. The lowest BCUT2D eigenvalue weighted by Gasteiger charge is -2.24. The summed E-state index contributed by atoms with van der Waals surface area (Å²) < 4.78 is 0. The van der Waals surface area contributed by atoms with Gasteiger partial charge in [0, 0.05) is 19.6 Å². The maximum Gasteiger partial charge on any atom is 0.257 e. The number of H-pyrrole nitrogens is 1. The largest absolute Gasteiger partial charge is 0.369 e. The summed E-state index contributed by atoms with van der Waals surface area (Å²) in [6, 6.07) is 0. The molecule has 17 heavy (non-hydrogen) atoms. The number of fused-ring (bicyclic) bond motifs is 1. The van der Waals surface area contributed by atoms with Crippen LogP contribution in [-0.4, -0.2) is 29.6 Å². The van der Waals surface area contributed by atoms with Crippen molar-refractivity contribution in [3.63, 3.8) is 0 Å². The normalized spacial score (nSPS) is 23.4. The van der Waals surface area contributed by atoms with E-state index >= 15 is 0 Å². The Hall–Kier alpha value is -1.52. The van der Waals surface area contributed by atoms with Crippen LogP contribution in [0.1, 0.15) is 25.3 Å². The minimum absolute atomic E-state index is 0.0240. The van der Waals surface area contributed by atoms with Crippen molar-refractivity contribution in [3.05, 3.63) is 15.9 Å². The molecule has 3 heterocycles. The third-order valence-electron chi connectivity index (χ3n) is 3.58. The van der Waals surface area contributed by atoms with Gasteiger partial charge < -0.3 is 10.2 Å². The van der Waals surface area contributed by atoms with Gasteiger partial charge in [0.25, 0.3) is 5.56 Å². The molecule has 5 heteroatoms. The maximum absolute atomic E-state index is 12.0. The van der Waals surface area contributed by atoms with Crippen LogP contribution in [-0.2, 0) is 6.42 Å². The Morgan fingerprint density at radius 1 is 1.35 bits per heavy atom. The van der Waals surface area contributed by atoms with Crippen LogP contribution in [0.2, 0.25) is 0 Å². The zero-order valence-electron chi connectivity index (χ0n) is 10.1. The summed E-state index contributed by atoms with van der Waals surface area (Å²) in [5, 5.41) is 3.26. The first kappa shape index (κ1) is 10.6. The molecular weight excluding hydrogens is 216 g/mol. The lowest BCUT2D eigenvalue weighted by molar-refractivity contribution is 0.584. The molecule has 1 aromatic heterocycles. The number of rotatable bonds is 1. The molecule has 0 aliphatic carbocycles. The van der Waals surface area contributed by atoms with E-state index in [4.69, 9.17) is 0 Å². The minimum atomic E-state index is 0.0240. The Labute approximate surface area is 100 Å². The fraction of sp³-hybridized carbons (Fsp3) is 0.667. The van der Waals surface area contributed by atoms with Gasteiger partial charge in [0.05, 0.1) is 5.56 Å². The zero-order chi connectivity index (χ0) is 11.8. The molecule has 0 unspecified atom stereocenters. The zero-order valence-corrected chi connectivity index (χ0v) is 10.1. The highest BCUT2D eigenvalue weighted by Crippen LogP contribution is 2.22. The molecule has 0 aromatic carbocycles.